The van der Waals surface area contributed by atoms with Crippen LogP contribution >= 0.6 is 11.3 Å². The van der Waals surface area contributed by atoms with E-state index < -0.39 is 0 Å². The fourth-order valence-electron chi connectivity index (χ4n) is 1.61. The van der Waals surface area contributed by atoms with Crippen molar-refractivity contribution < 1.29 is 0 Å². The highest BCUT2D eigenvalue weighted by molar-refractivity contribution is 7.23. The SMILES string of the molecule is CCc1ccc2c(c1)sc1cnnn12. The minimum absolute atomic E-state index is 1.08. The van der Waals surface area contributed by atoms with Gasteiger partial charge in [0.1, 0.15) is 4.83 Å². The van der Waals surface area contributed by atoms with Crippen LogP contribution in [-0.4, -0.2) is 14.8 Å². The van der Waals surface area contributed by atoms with E-state index >= 15 is 0 Å². The van der Waals surface area contributed by atoms with E-state index in [1.807, 2.05) is 4.52 Å². The van der Waals surface area contributed by atoms with Gasteiger partial charge in [-0.2, -0.15) is 0 Å². The molecule has 14 heavy (non-hydrogen) atoms. The summed E-state index contributed by atoms with van der Waals surface area (Å²) in [6.07, 6.45) is 2.88. The molecule has 0 spiro atoms. The maximum Gasteiger partial charge on any atom is 0.140 e. The Bertz CT molecular complexity index is 593. The highest BCUT2D eigenvalue weighted by Crippen LogP contribution is 2.26. The van der Waals surface area contributed by atoms with Gasteiger partial charge in [-0.3, -0.25) is 0 Å². The smallest absolute Gasteiger partial charge is 0.140 e. The molecule has 3 nitrogen and oxygen atoms in total. The highest BCUT2D eigenvalue weighted by Gasteiger charge is 2.05. The molecule has 2 heterocycles. The minimum Gasteiger partial charge on any atom is -0.202 e. The lowest BCUT2D eigenvalue weighted by molar-refractivity contribution is 0.887. The van der Waals surface area contributed by atoms with Gasteiger partial charge in [-0.15, -0.1) is 16.4 Å². The van der Waals surface area contributed by atoms with Crippen molar-refractivity contribution >= 4 is 26.4 Å². The number of thiazole rings is 1. The molecule has 0 saturated heterocycles. The van der Waals surface area contributed by atoms with Crippen LogP contribution in [0.15, 0.2) is 24.4 Å². The Kier molecular flexibility index (Phi) is 1.58. The van der Waals surface area contributed by atoms with Crippen LogP contribution in [0.25, 0.3) is 15.0 Å². The van der Waals surface area contributed by atoms with Gasteiger partial charge < -0.3 is 0 Å². The summed E-state index contributed by atoms with van der Waals surface area (Å²) < 4.78 is 3.17. The molecular formula is C10H9N3S. The standard InChI is InChI=1S/C10H9N3S/c1-2-7-3-4-8-9(5-7)14-10-6-11-12-13(8)10/h3-6H,2H2,1H3. The molecule has 1 aromatic carbocycles. The first-order valence-corrected chi connectivity index (χ1v) is 5.42. The Labute approximate surface area is 85.0 Å². The molecule has 0 atom stereocenters. The van der Waals surface area contributed by atoms with Crippen molar-refractivity contribution in [3.8, 4) is 0 Å². The van der Waals surface area contributed by atoms with Gasteiger partial charge in [0, 0.05) is 0 Å². The third-order valence-corrected chi connectivity index (χ3v) is 3.43. The number of aryl methyl sites for hydroxylation is 1. The number of hydrogen-bond donors (Lipinski definition) is 0. The monoisotopic (exact) mass is 203 g/mol. The molecule has 3 aromatic rings. The maximum absolute atomic E-state index is 4.04. The van der Waals surface area contributed by atoms with Crippen LogP contribution in [-0.2, 0) is 6.42 Å². The number of rotatable bonds is 1. The summed E-state index contributed by atoms with van der Waals surface area (Å²) in [6, 6.07) is 6.50. The molecule has 4 heteroatoms. The van der Waals surface area contributed by atoms with Crippen LogP contribution in [0, 0.1) is 0 Å². The van der Waals surface area contributed by atoms with E-state index in [-0.39, 0.29) is 0 Å². The Hall–Kier alpha value is -1.42. The Morgan fingerprint density at radius 1 is 1.43 bits per heavy atom. The average molecular weight is 203 g/mol. The lowest BCUT2D eigenvalue weighted by atomic mass is 10.2. The van der Waals surface area contributed by atoms with E-state index in [0.29, 0.717) is 0 Å². The molecule has 0 amide bonds. The molecule has 70 valence electrons. The van der Waals surface area contributed by atoms with Crippen LogP contribution in [0.3, 0.4) is 0 Å². The molecule has 0 aliphatic carbocycles. The normalized spacial score (nSPS) is 11.5. The van der Waals surface area contributed by atoms with E-state index in [1.54, 1.807) is 17.5 Å². The average Bonchev–Trinajstić information content (AvgIpc) is 2.75. The molecule has 2 aromatic heterocycles. The summed E-state index contributed by atoms with van der Waals surface area (Å²) in [4.78, 5) is 1.10. The molecule has 0 aliphatic heterocycles. The fourth-order valence-corrected chi connectivity index (χ4v) is 2.63. The molecule has 0 N–H and O–H groups in total. The molecule has 0 aliphatic rings. The predicted octanol–water partition coefficient (Wildman–Crippen LogP) is 2.51. The second-order valence-corrected chi connectivity index (χ2v) is 4.30. The van der Waals surface area contributed by atoms with Crippen molar-refractivity contribution in [2.75, 3.05) is 0 Å². The Morgan fingerprint density at radius 3 is 3.21 bits per heavy atom. The largest absolute Gasteiger partial charge is 0.202 e. The first kappa shape index (κ1) is 7.94. The van der Waals surface area contributed by atoms with Gasteiger partial charge in [0.05, 0.1) is 16.4 Å². The zero-order valence-electron chi connectivity index (χ0n) is 7.77. The summed E-state index contributed by atoms with van der Waals surface area (Å²) in [7, 11) is 0. The number of fused-ring (bicyclic) bond motifs is 3. The van der Waals surface area contributed by atoms with Crippen LogP contribution in [0.5, 0.6) is 0 Å². The third-order valence-electron chi connectivity index (χ3n) is 2.39. The molecule has 0 unspecified atom stereocenters. The van der Waals surface area contributed by atoms with Crippen molar-refractivity contribution in [3.63, 3.8) is 0 Å². The molecule has 0 radical (unpaired) electrons. The summed E-state index contributed by atoms with van der Waals surface area (Å²) in [5.41, 5.74) is 2.52. The van der Waals surface area contributed by atoms with Crippen LogP contribution in [0.2, 0.25) is 0 Å². The van der Waals surface area contributed by atoms with Gasteiger partial charge in [-0.25, -0.2) is 4.52 Å². The van der Waals surface area contributed by atoms with Crippen LogP contribution in [0.4, 0.5) is 0 Å². The van der Waals surface area contributed by atoms with E-state index in [9.17, 15) is 0 Å². The quantitative estimate of drug-likeness (QED) is 0.608. The second-order valence-electron chi connectivity index (χ2n) is 3.24. The van der Waals surface area contributed by atoms with Crippen LogP contribution in [0.1, 0.15) is 12.5 Å². The van der Waals surface area contributed by atoms with E-state index in [2.05, 4.69) is 35.4 Å². The summed E-state index contributed by atoms with van der Waals surface area (Å²) >= 11 is 1.74. The van der Waals surface area contributed by atoms with E-state index in [4.69, 9.17) is 0 Å². The third kappa shape index (κ3) is 0.974. The van der Waals surface area contributed by atoms with Gasteiger partial charge in [0.25, 0.3) is 0 Å². The fraction of sp³-hybridized carbons (Fsp3) is 0.200. The number of hydrogen-bond acceptors (Lipinski definition) is 3. The van der Waals surface area contributed by atoms with Gasteiger partial charge >= 0.3 is 0 Å². The van der Waals surface area contributed by atoms with E-state index in [1.165, 1.54) is 10.3 Å². The zero-order chi connectivity index (χ0) is 9.54. The first-order valence-electron chi connectivity index (χ1n) is 4.60. The summed E-state index contributed by atoms with van der Waals surface area (Å²) in [5, 5.41) is 7.92. The van der Waals surface area contributed by atoms with E-state index in [0.717, 1.165) is 16.8 Å². The molecule has 0 saturated carbocycles. The van der Waals surface area contributed by atoms with Gasteiger partial charge in [0.15, 0.2) is 0 Å². The van der Waals surface area contributed by atoms with Gasteiger partial charge in [-0.05, 0) is 24.1 Å². The zero-order valence-corrected chi connectivity index (χ0v) is 8.58. The first-order chi connectivity index (χ1) is 6.88. The second kappa shape index (κ2) is 2.78. The minimum atomic E-state index is 1.08. The molecular weight excluding hydrogens is 194 g/mol. The van der Waals surface area contributed by atoms with Crippen molar-refractivity contribution in [3.05, 3.63) is 30.0 Å². The summed E-state index contributed by atoms with van der Waals surface area (Å²) in [5.74, 6) is 0. The maximum atomic E-state index is 4.04. The molecule has 0 bridgehead atoms. The number of aromatic nitrogens is 3. The van der Waals surface area contributed by atoms with Gasteiger partial charge in [-0.1, -0.05) is 18.2 Å². The Morgan fingerprint density at radius 2 is 2.36 bits per heavy atom. The summed E-state index contributed by atoms with van der Waals surface area (Å²) in [6.45, 7) is 2.17. The predicted molar refractivity (Wildman–Crippen MR) is 57.7 cm³/mol. The van der Waals surface area contributed by atoms with Crippen molar-refractivity contribution in [2.24, 2.45) is 0 Å². The highest BCUT2D eigenvalue weighted by atomic mass is 32.1. The topological polar surface area (TPSA) is 30.2 Å². The lowest BCUT2D eigenvalue weighted by Crippen LogP contribution is -1.84. The lowest BCUT2D eigenvalue weighted by Gasteiger charge is -1.94. The van der Waals surface area contributed by atoms with Crippen LogP contribution < -0.4 is 0 Å². The van der Waals surface area contributed by atoms with Crippen molar-refractivity contribution in [1.82, 2.24) is 14.8 Å². The molecule has 0 fully saturated rings. The van der Waals surface area contributed by atoms with Crippen molar-refractivity contribution in [2.45, 2.75) is 13.3 Å². The molecule has 3 rings (SSSR count). The van der Waals surface area contributed by atoms with Crippen molar-refractivity contribution in [1.29, 1.82) is 0 Å². The van der Waals surface area contributed by atoms with Gasteiger partial charge in [0.2, 0.25) is 0 Å². The Balaban J connectivity index is 2.43. The number of nitrogens with zero attached hydrogens (tertiary/aromatic N) is 3. The number of benzene rings is 1.